The lowest BCUT2D eigenvalue weighted by Crippen LogP contribution is -2.15. The molecule has 0 fully saturated rings. The number of anilines is 1. The van der Waals surface area contributed by atoms with Crippen molar-refractivity contribution in [3.63, 3.8) is 0 Å². The monoisotopic (exact) mass is 297 g/mol. The van der Waals surface area contributed by atoms with Crippen molar-refractivity contribution in [2.75, 3.05) is 11.9 Å². The summed E-state index contributed by atoms with van der Waals surface area (Å²) in [4.78, 5) is 24.5. The molecule has 5 nitrogen and oxygen atoms in total. The highest BCUT2D eigenvalue weighted by Gasteiger charge is 2.30. The van der Waals surface area contributed by atoms with Crippen molar-refractivity contribution in [2.45, 2.75) is 45.6 Å². The van der Waals surface area contributed by atoms with Gasteiger partial charge in [0.25, 0.3) is 0 Å². The number of ether oxygens (including phenoxy) is 1. The SMILES string of the molecule is CCOC(=O)c1c(NC(=O)CC)sc2c1CCC[C@@H]2O. The molecule has 1 aromatic heterocycles. The molecular weight excluding hydrogens is 278 g/mol. The third-order valence-electron chi connectivity index (χ3n) is 3.30. The zero-order valence-electron chi connectivity index (χ0n) is 11.7. The van der Waals surface area contributed by atoms with E-state index in [-0.39, 0.29) is 12.5 Å². The largest absolute Gasteiger partial charge is 0.462 e. The van der Waals surface area contributed by atoms with Gasteiger partial charge < -0.3 is 15.2 Å². The molecule has 2 N–H and O–H groups in total. The highest BCUT2D eigenvalue weighted by Crippen LogP contribution is 2.42. The Hall–Kier alpha value is -1.40. The zero-order valence-corrected chi connectivity index (χ0v) is 12.5. The molecule has 0 saturated heterocycles. The molecular formula is C14H19NO4S. The first-order valence-corrected chi connectivity index (χ1v) is 7.70. The summed E-state index contributed by atoms with van der Waals surface area (Å²) in [6.07, 6.45) is 2.05. The fourth-order valence-corrected chi connectivity index (χ4v) is 3.60. The first kappa shape index (κ1) is 15.0. The molecule has 0 unspecified atom stereocenters. The van der Waals surface area contributed by atoms with E-state index < -0.39 is 12.1 Å². The van der Waals surface area contributed by atoms with Crippen molar-refractivity contribution in [2.24, 2.45) is 0 Å². The van der Waals surface area contributed by atoms with Crippen LogP contribution in [0.15, 0.2) is 0 Å². The molecule has 1 aliphatic rings. The maximum atomic E-state index is 12.1. The third kappa shape index (κ3) is 2.86. The highest BCUT2D eigenvalue weighted by molar-refractivity contribution is 7.17. The second kappa shape index (κ2) is 6.37. The number of hydrogen-bond acceptors (Lipinski definition) is 5. The number of aliphatic hydroxyl groups is 1. The standard InChI is InChI=1S/C14H19NO4S/c1-3-10(17)15-13-11(14(18)19-4-2)8-6-5-7-9(16)12(8)20-13/h9,16H,3-7H2,1-2H3,(H,15,17)/t9-/m0/s1. The predicted molar refractivity (Wildman–Crippen MR) is 77.1 cm³/mol. The summed E-state index contributed by atoms with van der Waals surface area (Å²) in [5.41, 5.74) is 1.26. The third-order valence-corrected chi connectivity index (χ3v) is 4.55. The van der Waals surface area contributed by atoms with E-state index in [1.807, 2.05) is 0 Å². The van der Waals surface area contributed by atoms with Crippen LogP contribution in [0.4, 0.5) is 5.00 Å². The number of aliphatic hydroxyl groups excluding tert-OH is 1. The van der Waals surface area contributed by atoms with Crippen LogP contribution in [0.5, 0.6) is 0 Å². The highest BCUT2D eigenvalue weighted by atomic mass is 32.1. The summed E-state index contributed by atoms with van der Waals surface area (Å²) in [5.74, 6) is -0.575. The van der Waals surface area contributed by atoms with Crippen molar-refractivity contribution in [3.05, 3.63) is 16.0 Å². The van der Waals surface area contributed by atoms with E-state index in [0.717, 1.165) is 23.3 Å². The fourth-order valence-electron chi connectivity index (χ4n) is 2.33. The maximum absolute atomic E-state index is 12.1. The Kier molecular flexibility index (Phi) is 4.77. The van der Waals surface area contributed by atoms with Crippen LogP contribution in [-0.4, -0.2) is 23.6 Å². The topological polar surface area (TPSA) is 75.6 Å². The van der Waals surface area contributed by atoms with E-state index in [9.17, 15) is 14.7 Å². The molecule has 0 spiro atoms. The van der Waals surface area contributed by atoms with E-state index in [0.29, 0.717) is 23.4 Å². The molecule has 1 heterocycles. The first-order valence-electron chi connectivity index (χ1n) is 6.89. The van der Waals surface area contributed by atoms with Crippen LogP contribution in [0.2, 0.25) is 0 Å². The van der Waals surface area contributed by atoms with Crippen LogP contribution >= 0.6 is 11.3 Å². The molecule has 110 valence electrons. The number of fused-ring (bicyclic) bond motifs is 1. The average molecular weight is 297 g/mol. The summed E-state index contributed by atoms with van der Waals surface area (Å²) in [6, 6.07) is 0. The minimum absolute atomic E-state index is 0.149. The Labute approximate surface area is 121 Å². The normalized spacial score (nSPS) is 17.4. The maximum Gasteiger partial charge on any atom is 0.341 e. The summed E-state index contributed by atoms with van der Waals surface area (Å²) in [7, 11) is 0. The Bertz CT molecular complexity index is 523. The minimum Gasteiger partial charge on any atom is -0.462 e. The number of thiophene rings is 1. The van der Waals surface area contributed by atoms with Gasteiger partial charge in [0.05, 0.1) is 18.3 Å². The van der Waals surface area contributed by atoms with Crippen molar-refractivity contribution >= 4 is 28.2 Å². The molecule has 6 heteroatoms. The zero-order chi connectivity index (χ0) is 14.7. The second-order valence-electron chi connectivity index (χ2n) is 4.68. The van der Waals surface area contributed by atoms with Gasteiger partial charge in [-0.2, -0.15) is 0 Å². The van der Waals surface area contributed by atoms with Crippen molar-refractivity contribution in [1.29, 1.82) is 0 Å². The molecule has 1 amide bonds. The predicted octanol–water partition coefficient (Wildman–Crippen LogP) is 2.64. The van der Waals surface area contributed by atoms with E-state index in [4.69, 9.17) is 4.74 Å². The molecule has 1 atom stereocenters. The van der Waals surface area contributed by atoms with E-state index in [1.165, 1.54) is 11.3 Å². The Morgan fingerprint density at radius 2 is 2.20 bits per heavy atom. The van der Waals surface area contributed by atoms with E-state index >= 15 is 0 Å². The van der Waals surface area contributed by atoms with Crippen molar-refractivity contribution in [3.8, 4) is 0 Å². The lowest BCUT2D eigenvalue weighted by molar-refractivity contribution is -0.115. The molecule has 20 heavy (non-hydrogen) atoms. The van der Waals surface area contributed by atoms with Gasteiger partial charge in [-0.05, 0) is 31.7 Å². The van der Waals surface area contributed by atoms with Crippen molar-refractivity contribution < 1.29 is 19.4 Å². The molecule has 0 radical (unpaired) electrons. The Morgan fingerprint density at radius 1 is 1.45 bits per heavy atom. The Balaban J connectivity index is 2.43. The smallest absolute Gasteiger partial charge is 0.341 e. The summed E-state index contributed by atoms with van der Waals surface area (Å²) >= 11 is 1.29. The van der Waals surface area contributed by atoms with Gasteiger partial charge in [-0.15, -0.1) is 11.3 Å². The number of carbonyl (C=O) groups excluding carboxylic acids is 2. The van der Waals surface area contributed by atoms with Crippen molar-refractivity contribution in [1.82, 2.24) is 0 Å². The van der Waals surface area contributed by atoms with Crippen LogP contribution in [0.3, 0.4) is 0 Å². The van der Waals surface area contributed by atoms with Gasteiger partial charge in [0.15, 0.2) is 0 Å². The lowest BCUT2D eigenvalue weighted by atomic mass is 9.93. The number of rotatable bonds is 4. The Morgan fingerprint density at radius 3 is 2.85 bits per heavy atom. The first-order chi connectivity index (χ1) is 9.58. The molecule has 2 rings (SSSR count). The summed E-state index contributed by atoms with van der Waals surface area (Å²) in [5, 5.41) is 13.3. The summed E-state index contributed by atoms with van der Waals surface area (Å²) < 4.78 is 5.08. The van der Waals surface area contributed by atoms with Crippen LogP contribution < -0.4 is 5.32 Å². The number of nitrogens with one attached hydrogen (secondary N) is 1. The van der Waals surface area contributed by atoms with E-state index in [2.05, 4.69) is 5.32 Å². The molecule has 0 aromatic carbocycles. The van der Waals surface area contributed by atoms with Gasteiger partial charge in [-0.25, -0.2) is 4.79 Å². The van der Waals surface area contributed by atoms with Crippen LogP contribution in [0.25, 0.3) is 0 Å². The van der Waals surface area contributed by atoms with Gasteiger partial charge >= 0.3 is 5.97 Å². The molecule has 0 aliphatic heterocycles. The number of hydrogen-bond donors (Lipinski definition) is 2. The summed E-state index contributed by atoms with van der Waals surface area (Å²) in [6.45, 7) is 3.78. The van der Waals surface area contributed by atoms with Crippen LogP contribution in [0.1, 0.15) is 60.0 Å². The molecule has 1 aliphatic carbocycles. The van der Waals surface area contributed by atoms with Crippen LogP contribution in [0, 0.1) is 0 Å². The second-order valence-corrected chi connectivity index (χ2v) is 5.73. The number of carbonyl (C=O) groups is 2. The van der Waals surface area contributed by atoms with Gasteiger partial charge in [-0.3, -0.25) is 4.79 Å². The molecule has 0 saturated carbocycles. The van der Waals surface area contributed by atoms with Crippen LogP contribution in [-0.2, 0) is 16.0 Å². The fraction of sp³-hybridized carbons (Fsp3) is 0.571. The average Bonchev–Trinajstić information content (AvgIpc) is 2.78. The molecule has 1 aromatic rings. The van der Waals surface area contributed by atoms with Gasteiger partial charge in [0.1, 0.15) is 5.00 Å². The quantitative estimate of drug-likeness (QED) is 0.838. The van der Waals surface area contributed by atoms with Gasteiger partial charge in [0.2, 0.25) is 5.91 Å². The number of amides is 1. The lowest BCUT2D eigenvalue weighted by Gasteiger charge is -2.17. The van der Waals surface area contributed by atoms with Gasteiger partial charge in [-0.1, -0.05) is 6.92 Å². The minimum atomic E-state index is -0.552. The molecule has 0 bridgehead atoms. The van der Waals surface area contributed by atoms with E-state index in [1.54, 1.807) is 13.8 Å². The van der Waals surface area contributed by atoms with Gasteiger partial charge in [0, 0.05) is 11.3 Å². The number of esters is 1.